The number of guanidine groups is 1. The topological polar surface area (TPSA) is 79.6 Å². The van der Waals surface area contributed by atoms with Crippen LogP contribution in [0.4, 0.5) is 5.69 Å². The van der Waals surface area contributed by atoms with E-state index in [1.165, 1.54) is 0 Å². The number of rotatable bonds is 9. The molecule has 1 fully saturated rings. The average molecular weight is 576 g/mol. The molecule has 0 saturated carbocycles. The molecule has 0 bridgehead atoms. The van der Waals surface area contributed by atoms with Crippen molar-refractivity contribution in [2.45, 2.75) is 45.7 Å². The van der Waals surface area contributed by atoms with Crippen LogP contribution in [0, 0.1) is 6.92 Å². The van der Waals surface area contributed by atoms with Gasteiger partial charge in [-0.2, -0.15) is 0 Å². The van der Waals surface area contributed by atoms with Crippen molar-refractivity contribution in [1.29, 1.82) is 0 Å². The highest BCUT2D eigenvalue weighted by Gasteiger charge is 2.22. The van der Waals surface area contributed by atoms with Gasteiger partial charge in [0.25, 0.3) is 0 Å². The van der Waals surface area contributed by atoms with Gasteiger partial charge in [-0.1, -0.05) is 23.7 Å². The number of para-hydroxylation sites is 1. The van der Waals surface area contributed by atoms with Gasteiger partial charge in [-0.15, -0.1) is 34.2 Å². The Morgan fingerprint density at radius 3 is 2.84 bits per heavy atom. The SMILES string of the molecule is CCOCCCNC(=NCc1nnc(C)n1C)NC1CCCN(c2ccccc2Cl)C1.I. The van der Waals surface area contributed by atoms with Crippen molar-refractivity contribution in [3.8, 4) is 0 Å². The van der Waals surface area contributed by atoms with E-state index < -0.39 is 0 Å². The van der Waals surface area contributed by atoms with Gasteiger partial charge >= 0.3 is 0 Å². The highest BCUT2D eigenvalue weighted by molar-refractivity contribution is 14.0. The molecule has 1 aliphatic rings. The minimum absolute atomic E-state index is 0. The van der Waals surface area contributed by atoms with Crippen molar-refractivity contribution in [2.24, 2.45) is 12.0 Å². The molecule has 0 radical (unpaired) electrons. The lowest BCUT2D eigenvalue weighted by Crippen LogP contribution is -2.51. The zero-order chi connectivity index (χ0) is 22.1. The number of aromatic nitrogens is 3. The number of aliphatic imine (C=N–C) groups is 1. The smallest absolute Gasteiger partial charge is 0.191 e. The summed E-state index contributed by atoms with van der Waals surface area (Å²) in [7, 11) is 1.96. The summed E-state index contributed by atoms with van der Waals surface area (Å²) in [5.41, 5.74) is 1.09. The van der Waals surface area contributed by atoms with Crippen LogP contribution in [0.3, 0.4) is 0 Å². The summed E-state index contributed by atoms with van der Waals surface area (Å²) in [5.74, 6) is 2.52. The molecule has 178 valence electrons. The highest BCUT2D eigenvalue weighted by atomic mass is 127. The standard InChI is InChI=1S/C22H34ClN7O.HI/c1-4-31-14-8-12-24-22(25-15-21-28-27-17(2)29(21)3)26-18-9-7-13-30(16-18)20-11-6-5-10-19(20)23;/h5-6,10-11,18H,4,7-9,12-16H2,1-3H3,(H2,24,25,26);1H. The number of ether oxygens (including phenoxy) is 1. The first-order chi connectivity index (χ1) is 15.1. The molecule has 1 atom stereocenters. The molecule has 2 heterocycles. The minimum atomic E-state index is 0. The summed E-state index contributed by atoms with van der Waals surface area (Å²) in [6, 6.07) is 8.32. The van der Waals surface area contributed by atoms with E-state index in [1.54, 1.807) is 0 Å². The maximum absolute atomic E-state index is 6.43. The van der Waals surface area contributed by atoms with E-state index in [0.29, 0.717) is 6.54 Å². The number of benzene rings is 1. The monoisotopic (exact) mass is 575 g/mol. The molecule has 1 aliphatic heterocycles. The first kappa shape index (κ1) is 26.7. The van der Waals surface area contributed by atoms with Gasteiger partial charge < -0.3 is 24.8 Å². The quantitative estimate of drug-likeness (QED) is 0.206. The predicted molar refractivity (Wildman–Crippen MR) is 141 cm³/mol. The Morgan fingerprint density at radius 1 is 1.31 bits per heavy atom. The minimum Gasteiger partial charge on any atom is -0.382 e. The second-order valence-corrected chi connectivity index (χ2v) is 8.15. The number of nitrogens with one attached hydrogen (secondary N) is 2. The van der Waals surface area contributed by atoms with Gasteiger partial charge in [0.1, 0.15) is 12.4 Å². The summed E-state index contributed by atoms with van der Waals surface area (Å²) >= 11 is 6.43. The Balaban J connectivity index is 0.00000363. The molecular weight excluding hydrogens is 541 g/mol. The Morgan fingerprint density at radius 2 is 2.12 bits per heavy atom. The Bertz CT molecular complexity index is 861. The third-order valence-corrected chi connectivity index (χ3v) is 5.80. The van der Waals surface area contributed by atoms with Crippen molar-refractivity contribution in [3.63, 3.8) is 0 Å². The van der Waals surface area contributed by atoms with Crippen LogP contribution in [0.5, 0.6) is 0 Å². The Labute approximate surface area is 213 Å². The number of hydrogen-bond donors (Lipinski definition) is 2. The number of hydrogen-bond acceptors (Lipinski definition) is 5. The molecule has 2 N–H and O–H groups in total. The second-order valence-electron chi connectivity index (χ2n) is 7.75. The molecule has 2 aromatic rings. The number of nitrogens with zero attached hydrogens (tertiary/aromatic N) is 5. The zero-order valence-electron chi connectivity index (χ0n) is 19.2. The van der Waals surface area contributed by atoms with Gasteiger partial charge in [0.2, 0.25) is 0 Å². The van der Waals surface area contributed by atoms with Crippen LogP contribution in [0.15, 0.2) is 29.3 Å². The molecule has 1 saturated heterocycles. The van der Waals surface area contributed by atoms with Crippen molar-refractivity contribution in [2.75, 3.05) is 37.7 Å². The fourth-order valence-corrected chi connectivity index (χ4v) is 3.89. The third kappa shape index (κ3) is 7.77. The van der Waals surface area contributed by atoms with Crippen LogP contribution >= 0.6 is 35.6 Å². The molecule has 0 amide bonds. The van der Waals surface area contributed by atoms with Gasteiger partial charge in [0.15, 0.2) is 11.8 Å². The van der Waals surface area contributed by atoms with Crippen molar-refractivity contribution >= 4 is 47.2 Å². The Hall–Kier alpha value is -1.59. The maximum Gasteiger partial charge on any atom is 0.191 e. The first-order valence-electron chi connectivity index (χ1n) is 11.1. The first-order valence-corrected chi connectivity index (χ1v) is 11.4. The molecule has 1 unspecified atom stereocenters. The highest BCUT2D eigenvalue weighted by Crippen LogP contribution is 2.27. The van der Waals surface area contributed by atoms with Crippen molar-refractivity contribution in [1.82, 2.24) is 25.4 Å². The molecular formula is C22H35ClIN7O. The van der Waals surface area contributed by atoms with E-state index >= 15 is 0 Å². The fraction of sp³-hybridized carbons (Fsp3) is 0.591. The average Bonchev–Trinajstić information content (AvgIpc) is 3.10. The van der Waals surface area contributed by atoms with Crippen LogP contribution in [0.25, 0.3) is 0 Å². The molecule has 32 heavy (non-hydrogen) atoms. The van der Waals surface area contributed by atoms with Gasteiger partial charge in [0, 0.05) is 45.9 Å². The van der Waals surface area contributed by atoms with Crippen molar-refractivity contribution in [3.05, 3.63) is 40.9 Å². The maximum atomic E-state index is 6.43. The zero-order valence-corrected chi connectivity index (χ0v) is 22.3. The van der Waals surface area contributed by atoms with Crippen LogP contribution < -0.4 is 15.5 Å². The van der Waals surface area contributed by atoms with Gasteiger partial charge in [-0.05, 0) is 45.2 Å². The molecule has 3 rings (SSSR count). The number of halogens is 2. The lowest BCUT2D eigenvalue weighted by atomic mass is 10.0. The molecule has 0 spiro atoms. The summed E-state index contributed by atoms with van der Waals surface area (Å²) in [6.45, 7) is 8.59. The molecule has 0 aliphatic carbocycles. The predicted octanol–water partition coefficient (Wildman–Crippen LogP) is 3.53. The van der Waals surface area contributed by atoms with Crippen molar-refractivity contribution < 1.29 is 4.74 Å². The number of aryl methyl sites for hydroxylation is 1. The van der Waals surface area contributed by atoms with Crippen LogP contribution in [0.1, 0.15) is 37.8 Å². The summed E-state index contributed by atoms with van der Waals surface area (Å²) < 4.78 is 7.41. The molecule has 1 aromatic heterocycles. The van der Waals surface area contributed by atoms with E-state index in [4.69, 9.17) is 21.3 Å². The van der Waals surface area contributed by atoms with E-state index in [9.17, 15) is 0 Å². The second kappa shape index (κ2) is 13.8. The van der Waals surface area contributed by atoms with E-state index in [1.807, 2.05) is 43.7 Å². The van der Waals surface area contributed by atoms with Crippen LogP contribution in [-0.4, -0.2) is 59.6 Å². The van der Waals surface area contributed by atoms with Crippen LogP contribution in [-0.2, 0) is 18.3 Å². The fourth-order valence-electron chi connectivity index (χ4n) is 3.63. The molecule has 8 nitrogen and oxygen atoms in total. The van der Waals surface area contributed by atoms with E-state index in [-0.39, 0.29) is 30.0 Å². The largest absolute Gasteiger partial charge is 0.382 e. The van der Waals surface area contributed by atoms with Gasteiger partial charge in [-0.25, -0.2) is 4.99 Å². The lowest BCUT2D eigenvalue weighted by Gasteiger charge is -2.35. The lowest BCUT2D eigenvalue weighted by molar-refractivity contribution is 0.145. The third-order valence-electron chi connectivity index (χ3n) is 5.48. The summed E-state index contributed by atoms with van der Waals surface area (Å²) in [4.78, 5) is 7.13. The van der Waals surface area contributed by atoms with Crippen LogP contribution in [0.2, 0.25) is 5.02 Å². The Kier molecular flexibility index (Phi) is 11.5. The molecule has 10 heteroatoms. The van der Waals surface area contributed by atoms with Gasteiger partial charge in [0.05, 0.1) is 10.7 Å². The summed E-state index contributed by atoms with van der Waals surface area (Å²) in [5, 5.41) is 16.2. The van der Waals surface area contributed by atoms with E-state index in [0.717, 1.165) is 80.4 Å². The normalized spacial score (nSPS) is 16.6. The summed E-state index contributed by atoms with van der Waals surface area (Å²) in [6.07, 6.45) is 3.11. The van der Waals surface area contributed by atoms with E-state index in [2.05, 4.69) is 31.8 Å². The molecule has 1 aromatic carbocycles. The number of anilines is 1. The van der Waals surface area contributed by atoms with Gasteiger partial charge in [-0.3, -0.25) is 0 Å². The number of piperidine rings is 1.